The largest absolute Gasteiger partial charge is 0.366 e. The van der Waals surface area contributed by atoms with E-state index in [0.29, 0.717) is 64.7 Å². The second-order valence-electron chi connectivity index (χ2n) is 13.0. The minimum Gasteiger partial charge on any atom is -0.366 e. The third kappa shape index (κ3) is 19.4. The van der Waals surface area contributed by atoms with Gasteiger partial charge in [-0.2, -0.15) is 0 Å². The number of imide groups is 1. The number of Topliss-reactive ketones (excluding diaryl/α,β-unsaturated/α-hetero) is 1. The number of nitrogens with zero attached hydrogens (tertiary/aromatic N) is 1. The topological polar surface area (TPSA) is 226 Å². The number of nitrogens with two attached hydrogens (primary N) is 2. The first-order valence-electron chi connectivity index (χ1n) is 18.1. The van der Waals surface area contributed by atoms with E-state index in [2.05, 4.69) is 21.3 Å². The fourth-order valence-corrected chi connectivity index (χ4v) is 6.65. The van der Waals surface area contributed by atoms with Crippen LogP contribution in [0.15, 0.2) is 0 Å². The van der Waals surface area contributed by atoms with Crippen molar-refractivity contribution in [3.8, 4) is 0 Å². The minimum absolute atomic E-state index is 0.0672. The average molecular weight is 714 g/mol. The highest BCUT2D eigenvalue weighted by atomic mass is 32.2. The summed E-state index contributed by atoms with van der Waals surface area (Å²) in [4.78, 5) is 76.8. The summed E-state index contributed by atoms with van der Waals surface area (Å²) in [5.41, 5.74) is 10.7. The first-order chi connectivity index (χ1) is 23.4. The Balaban J connectivity index is 2.33. The molecule has 4 atom stereocenters. The third-order valence-corrected chi connectivity index (χ3v) is 9.70. The highest BCUT2D eigenvalue weighted by Crippen LogP contribution is 2.26. The molecular weight excluding hydrogens is 650 g/mol. The number of likely N-dealkylation sites (tertiary alicyclic amines) is 1. The monoisotopic (exact) mass is 713 g/mol. The van der Waals surface area contributed by atoms with Gasteiger partial charge in [-0.15, -0.1) is 11.8 Å². The number of hydrogen-bond acceptors (Lipinski definition) is 11. The van der Waals surface area contributed by atoms with E-state index in [1.807, 2.05) is 13.8 Å². The van der Waals surface area contributed by atoms with E-state index in [1.165, 1.54) is 16.7 Å². The highest BCUT2D eigenvalue weighted by molar-refractivity contribution is 8.00. The van der Waals surface area contributed by atoms with Crippen LogP contribution in [0.3, 0.4) is 0 Å². The molecule has 1 rings (SSSR count). The summed E-state index contributed by atoms with van der Waals surface area (Å²) in [5.74, 6) is -0.517. The van der Waals surface area contributed by atoms with Crippen molar-refractivity contribution in [3.05, 3.63) is 0 Å². The molecule has 15 heteroatoms. The van der Waals surface area contributed by atoms with Gasteiger partial charge in [0, 0.05) is 38.8 Å². The molecule has 1 fully saturated rings. The number of nitrogens with one attached hydrogen (secondary N) is 4. The zero-order chi connectivity index (χ0) is 36.6. The van der Waals surface area contributed by atoms with Gasteiger partial charge in [0.1, 0.15) is 6.04 Å². The molecule has 0 bridgehead atoms. The van der Waals surface area contributed by atoms with Crippen LogP contribution in [0.4, 0.5) is 0 Å². The average Bonchev–Trinajstić information content (AvgIpc) is 3.32. The summed E-state index contributed by atoms with van der Waals surface area (Å²) >= 11 is 1.51. The number of amides is 5. The van der Waals surface area contributed by atoms with Crippen molar-refractivity contribution in [3.63, 3.8) is 0 Å². The van der Waals surface area contributed by atoms with E-state index in [1.54, 1.807) is 6.92 Å². The lowest BCUT2D eigenvalue weighted by Gasteiger charge is -2.25. The van der Waals surface area contributed by atoms with E-state index in [9.17, 15) is 28.8 Å². The Morgan fingerprint density at radius 2 is 1.57 bits per heavy atom. The van der Waals surface area contributed by atoms with Crippen LogP contribution in [0, 0.1) is 5.92 Å². The third-order valence-electron chi connectivity index (χ3n) is 8.40. The van der Waals surface area contributed by atoms with Gasteiger partial charge in [-0.25, -0.2) is 0 Å². The number of hydrogen-bond donors (Lipinski definition) is 7. The molecule has 2 unspecified atom stereocenters. The molecule has 0 radical (unpaired) electrons. The number of carbonyl (C=O) groups is 6. The van der Waals surface area contributed by atoms with E-state index < -0.39 is 24.3 Å². The van der Waals surface area contributed by atoms with Crippen molar-refractivity contribution >= 4 is 47.1 Å². The summed E-state index contributed by atoms with van der Waals surface area (Å²) in [6, 6.07) is -1.51. The fraction of sp³-hybridized carbons (Fsp3) is 0.824. The lowest BCUT2D eigenvalue weighted by molar-refractivity contribution is -0.138. The molecule has 1 aliphatic rings. The Hall–Kier alpha value is -2.59. The molecule has 1 saturated heterocycles. The number of aliphatic hydroxyl groups is 1. The SMILES string of the molecule is CCC(=O)[C@H](CCCNC(N)O)NC(=O)[C@@H](NC(=O)CCCCCN1C(=O)CC(SCCCCCC(=O)NCCCCCN)C1=O)C(C)C. The Labute approximate surface area is 296 Å². The highest BCUT2D eigenvalue weighted by Gasteiger charge is 2.38. The normalized spacial score (nSPS) is 16.5. The van der Waals surface area contributed by atoms with E-state index in [-0.39, 0.29) is 59.8 Å². The van der Waals surface area contributed by atoms with E-state index >= 15 is 0 Å². The number of carbonyl (C=O) groups excluding carboxylic acids is 6. The summed E-state index contributed by atoms with van der Waals surface area (Å²) in [7, 11) is 0. The second-order valence-corrected chi connectivity index (χ2v) is 14.3. The van der Waals surface area contributed by atoms with Gasteiger partial charge in [0.2, 0.25) is 29.5 Å². The number of ketones is 1. The maximum atomic E-state index is 13.1. The summed E-state index contributed by atoms with van der Waals surface area (Å²) < 4.78 is 0. The number of unbranched alkanes of at least 4 members (excludes halogenated alkanes) is 6. The van der Waals surface area contributed by atoms with Crippen LogP contribution in [0.2, 0.25) is 0 Å². The van der Waals surface area contributed by atoms with Gasteiger partial charge in [0.25, 0.3) is 0 Å². The van der Waals surface area contributed by atoms with Crippen LogP contribution in [0.25, 0.3) is 0 Å². The van der Waals surface area contributed by atoms with Gasteiger partial charge in [0.15, 0.2) is 12.1 Å². The fourth-order valence-electron chi connectivity index (χ4n) is 5.46. The van der Waals surface area contributed by atoms with Gasteiger partial charge in [-0.05, 0) is 76.1 Å². The summed E-state index contributed by atoms with van der Waals surface area (Å²) in [5, 5.41) is 19.9. The van der Waals surface area contributed by atoms with Crippen molar-refractivity contribution in [1.82, 2.24) is 26.2 Å². The van der Waals surface area contributed by atoms with Crippen LogP contribution in [-0.4, -0.2) is 101 Å². The zero-order valence-electron chi connectivity index (χ0n) is 29.9. The van der Waals surface area contributed by atoms with Crippen LogP contribution in [0.5, 0.6) is 0 Å². The lowest BCUT2D eigenvalue weighted by atomic mass is 10.00. The standard InChI is InChI=1S/C34H63N7O7S/c1-4-26(42)25(15-14-20-38-34(36)48)39-32(46)31(24(2)3)40-29(44)17-8-5-12-21-41-30(45)23-27(33(41)47)49-22-13-6-9-16-28(43)37-19-11-7-10-18-35/h24-25,27,31,34,38,48H,4-23,35-36H2,1-3H3,(H,37,43)(H,39,46)(H,40,44)/t25-,27?,31-,34?/m0/s1. The molecule has 0 aliphatic carbocycles. The maximum Gasteiger partial charge on any atom is 0.243 e. The molecule has 0 aromatic heterocycles. The predicted octanol–water partition coefficient (Wildman–Crippen LogP) is 1.42. The number of aliphatic hydroxyl groups excluding tert-OH is 1. The maximum absolute atomic E-state index is 13.1. The van der Waals surface area contributed by atoms with Gasteiger partial charge in [-0.1, -0.05) is 40.0 Å². The van der Waals surface area contributed by atoms with Gasteiger partial charge < -0.3 is 26.8 Å². The first-order valence-corrected chi connectivity index (χ1v) is 19.2. The molecule has 282 valence electrons. The van der Waals surface area contributed by atoms with Gasteiger partial charge in [0.05, 0.1) is 11.3 Å². The molecule has 14 nitrogen and oxygen atoms in total. The number of thioether (sulfide) groups is 1. The van der Waals surface area contributed by atoms with E-state index in [0.717, 1.165) is 44.3 Å². The Morgan fingerprint density at radius 3 is 2.22 bits per heavy atom. The smallest absolute Gasteiger partial charge is 0.243 e. The quantitative estimate of drug-likeness (QED) is 0.0333. The Bertz CT molecular complexity index is 1030. The molecule has 49 heavy (non-hydrogen) atoms. The van der Waals surface area contributed by atoms with Crippen LogP contribution < -0.4 is 32.7 Å². The molecule has 0 aromatic rings. The first kappa shape index (κ1) is 44.4. The predicted molar refractivity (Wildman–Crippen MR) is 192 cm³/mol. The van der Waals surface area contributed by atoms with Crippen molar-refractivity contribution in [2.45, 2.75) is 141 Å². The zero-order valence-corrected chi connectivity index (χ0v) is 30.8. The van der Waals surface area contributed by atoms with E-state index in [4.69, 9.17) is 16.6 Å². The van der Waals surface area contributed by atoms with Crippen molar-refractivity contribution in [1.29, 1.82) is 0 Å². The van der Waals surface area contributed by atoms with Gasteiger partial charge >= 0.3 is 0 Å². The Morgan fingerprint density at radius 1 is 0.898 bits per heavy atom. The summed E-state index contributed by atoms with van der Waals surface area (Å²) in [6.07, 6.45) is 8.14. The van der Waals surface area contributed by atoms with Crippen LogP contribution in [-0.2, 0) is 28.8 Å². The molecular formula is C34H63N7O7S. The minimum atomic E-state index is -1.15. The second kappa shape index (κ2) is 26.3. The van der Waals surface area contributed by atoms with Crippen LogP contribution >= 0.6 is 11.8 Å². The molecule has 1 aliphatic heterocycles. The Kier molecular flexibility index (Phi) is 23.8. The van der Waals surface area contributed by atoms with Gasteiger partial charge in [-0.3, -0.25) is 44.7 Å². The molecule has 0 spiro atoms. The molecule has 0 aromatic carbocycles. The molecule has 5 amide bonds. The van der Waals surface area contributed by atoms with Crippen molar-refractivity contribution < 1.29 is 33.9 Å². The lowest BCUT2D eigenvalue weighted by Crippen LogP contribution is -2.53. The molecule has 0 saturated carbocycles. The number of rotatable bonds is 29. The van der Waals surface area contributed by atoms with Crippen LogP contribution in [0.1, 0.15) is 117 Å². The molecule has 1 heterocycles. The summed E-state index contributed by atoms with van der Waals surface area (Å²) in [6.45, 7) is 7.42. The molecule has 9 N–H and O–H groups in total. The van der Waals surface area contributed by atoms with Crippen molar-refractivity contribution in [2.24, 2.45) is 17.4 Å². The van der Waals surface area contributed by atoms with Crippen molar-refractivity contribution in [2.75, 3.05) is 31.9 Å².